The molecule has 3 amide bonds. The number of fused-ring (bicyclic) bond motifs is 1. The third-order valence-corrected chi connectivity index (χ3v) is 11.2. The Balaban J connectivity index is 0.973. The van der Waals surface area contributed by atoms with Crippen molar-refractivity contribution in [3.05, 3.63) is 71.7 Å². The van der Waals surface area contributed by atoms with Crippen LogP contribution in [0.25, 0.3) is 16.9 Å². The van der Waals surface area contributed by atoms with Crippen LogP contribution in [-0.2, 0) is 11.2 Å². The van der Waals surface area contributed by atoms with E-state index in [2.05, 4.69) is 33.0 Å². The summed E-state index contributed by atoms with van der Waals surface area (Å²) in [6.07, 6.45) is 5.97. The Kier molecular flexibility index (Phi) is 10.0. The Morgan fingerprint density at radius 1 is 1.09 bits per heavy atom. The molecule has 0 unspecified atom stereocenters. The summed E-state index contributed by atoms with van der Waals surface area (Å²) in [7, 11) is 3.50. The lowest BCUT2D eigenvalue weighted by atomic mass is 9.83. The van der Waals surface area contributed by atoms with Crippen molar-refractivity contribution >= 4 is 35.1 Å². The number of ether oxygens (including phenoxy) is 1. The normalized spacial score (nSPS) is 22.8. The van der Waals surface area contributed by atoms with Crippen molar-refractivity contribution in [3.63, 3.8) is 0 Å². The number of carbonyl (C=O) groups is 3. The highest BCUT2D eigenvalue weighted by atomic mass is 19.2. The van der Waals surface area contributed by atoms with E-state index >= 15 is 0 Å². The standard InChI is InChI=1S/C38H44F2N8O5/c1-4-23-15-25(44-34-35-43-20-30(46(35)12-11-42-34)29-7-8-31(53-3)33(40)32(29)39)5-6-28(23)36(49)45-26-16-27(17-26)47(38(51)52)37(50)24-9-13-48(2,14-10-24)21-22-18-41-19-22/h5-8,11-12,15,20,22,24,26-27,41H,4,9-10,13-14,16-19,21H2,1-3H3,(H2-,42,44,45,49,51,52)/p+1. The Morgan fingerprint density at radius 3 is 2.51 bits per heavy atom. The van der Waals surface area contributed by atoms with Crippen LogP contribution in [0.4, 0.5) is 25.1 Å². The van der Waals surface area contributed by atoms with Crippen molar-refractivity contribution in [2.45, 2.75) is 51.1 Å². The maximum atomic E-state index is 14.9. The van der Waals surface area contributed by atoms with Gasteiger partial charge in [0.2, 0.25) is 11.7 Å². The molecule has 280 valence electrons. The van der Waals surface area contributed by atoms with Crippen LogP contribution < -0.4 is 20.7 Å². The fraction of sp³-hybridized carbons (Fsp3) is 0.447. The van der Waals surface area contributed by atoms with Crippen molar-refractivity contribution in [2.75, 3.05) is 52.2 Å². The lowest BCUT2D eigenvalue weighted by Crippen LogP contribution is -2.61. The van der Waals surface area contributed by atoms with E-state index < -0.39 is 23.8 Å². The van der Waals surface area contributed by atoms with E-state index in [-0.39, 0.29) is 35.1 Å². The molecule has 0 radical (unpaired) electrons. The molecular formula is C38H45F2N8O5+. The van der Waals surface area contributed by atoms with E-state index in [1.54, 1.807) is 22.7 Å². The SMILES string of the molecule is CCc1cc(Nc2nccn3c(-c4ccc(OC)c(F)c4F)cnc23)ccc1C(=O)NC1CC(N(C(=O)O)C(=O)C2CC[N+](C)(CC3CNC3)CC2)C1. The molecule has 1 saturated carbocycles. The Hall–Kier alpha value is -5.15. The van der Waals surface area contributed by atoms with Gasteiger partial charge in [-0.1, -0.05) is 6.92 Å². The molecule has 15 heteroatoms. The molecule has 53 heavy (non-hydrogen) atoms. The number of amides is 3. The smallest absolute Gasteiger partial charge is 0.414 e. The second kappa shape index (κ2) is 14.7. The van der Waals surface area contributed by atoms with Gasteiger partial charge in [-0.05, 0) is 55.2 Å². The van der Waals surface area contributed by atoms with Gasteiger partial charge in [-0.3, -0.25) is 14.0 Å². The fourth-order valence-electron chi connectivity index (χ4n) is 7.94. The largest absolute Gasteiger partial charge is 0.494 e. The third kappa shape index (κ3) is 7.14. The number of anilines is 2. The second-order valence-electron chi connectivity index (χ2n) is 14.7. The molecule has 0 bridgehead atoms. The molecule has 0 spiro atoms. The first-order valence-corrected chi connectivity index (χ1v) is 18.1. The minimum Gasteiger partial charge on any atom is -0.494 e. The van der Waals surface area contributed by atoms with E-state index in [1.165, 1.54) is 31.6 Å². The van der Waals surface area contributed by atoms with E-state index in [9.17, 15) is 28.3 Å². The van der Waals surface area contributed by atoms with Crippen LogP contribution in [0.15, 0.2) is 48.9 Å². The van der Waals surface area contributed by atoms with Gasteiger partial charge in [0.15, 0.2) is 23.0 Å². The molecule has 2 aromatic heterocycles. The lowest BCUT2D eigenvalue weighted by molar-refractivity contribution is -0.918. The first-order chi connectivity index (χ1) is 25.5. The topological polar surface area (TPSA) is 150 Å². The number of rotatable bonds is 11. The van der Waals surface area contributed by atoms with Crippen LogP contribution in [0.5, 0.6) is 5.75 Å². The molecule has 3 aliphatic rings. The molecule has 2 aromatic carbocycles. The number of methoxy groups -OCH3 is 1. The number of carboxylic acid groups (broad SMARTS) is 1. The van der Waals surface area contributed by atoms with Crippen LogP contribution in [0.2, 0.25) is 0 Å². The number of nitrogens with zero attached hydrogens (tertiary/aromatic N) is 5. The first-order valence-electron chi connectivity index (χ1n) is 18.1. The van der Waals surface area contributed by atoms with Crippen molar-refractivity contribution in [3.8, 4) is 17.0 Å². The summed E-state index contributed by atoms with van der Waals surface area (Å²) in [5.74, 6) is -2.20. The zero-order chi connectivity index (χ0) is 37.4. The van der Waals surface area contributed by atoms with Crippen molar-refractivity contribution < 1.29 is 37.5 Å². The predicted octanol–water partition coefficient (Wildman–Crippen LogP) is 4.83. The highest BCUT2D eigenvalue weighted by molar-refractivity contribution is 5.97. The number of hydrogen-bond acceptors (Lipinski definition) is 8. The first kappa shape index (κ1) is 36.2. The van der Waals surface area contributed by atoms with Gasteiger partial charge in [0.25, 0.3) is 5.91 Å². The Bertz CT molecular complexity index is 2040. The number of nitrogens with one attached hydrogen (secondary N) is 3. The number of piperidine rings is 1. The van der Waals surface area contributed by atoms with Crippen molar-refractivity contribution in [1.29, 1.82) is 0 Å². The molecule has 3 fully saturated rings. The summed E-state index contributed by atoms with van der Waals surface area (Å²) in [6.45, 7) is 6.82. The second-order valence-corrected chi connectivity index (χ2v) is 14.7. The average Bonchev–Trinajstić information content (AvgIpc) is 3.55. The summed E-state index contributed by atoms with van der Waals surface area (Å²) in [4.78, 5) is 49.0. The highest BCUT2D eigenvalue weighted by Crippen LogP contribution is 2.34. The number of imidazole rings is 1. The van der Waals surface area contributed by atoms with Crippen LogP contribution in [0.1, 0.15) is 48.5 Å². The third-order valence-electron chi connectivity index (χ3n) is 11.2. The number of likely N-dealkylation sites (tertiary alicyclic amines) is 1. The van der Waals surface area contributed by atoms with Gasteiger partial charge >= 0.3 is 6.09 Å². The molecule has 4 heterocycles. The maximum Gasteiger partial charge on any atom is 0.414 e. The van der Waals surface area contributed by atoms with Gasteiger partial charge in [-0.2, -0.15) is 4.39 Å². The fourth-order valence-corrected chi connectivity index (χ4v) is 7.94. The number of aryl methyl sites for hydroxylation is 1. The Morgan fingerprint density at radius 2 is 1.85 bits per heavy atom. The van der Waals surface area contributed by atoms with Gasteiger partial charge in [-0.25, -0.2) is 24.1 Å². The minimum atomic E-state index is -1.23. The number of imide groups is 1. The van der Waals surface area contributed by atoms with Crippen LogP contribution in [-0.4, -0.2) is 106 Å². The van der Waals surface area contributed by atoms with Gasteiger partial charge < -0.3 is 30.3 Å². The maximum absolute atomic E-state index is 14.9. The molecule has 4 aromatic rings. The van der Waals surface area contributed by atoms with Gasteiger partial charge in [0.1, 0.15) is 0 Å². The van der Waals surface area contributed by atoms with Gasteiger partial charge in [0, 0.05) is 79.1 Å². The van der Waals surface area contributed by atoms with Crippen LogP contribution in [0, 0.1) is 23.5 Å². The van der Waals surface area contributed by atoms with E-state index in [0.717, 1.165) is 47.7 Å². The average molecular weight is 732 g/mol. The quantitative estimate of drug-likeness (QED) is 0.159. The predicted molar refractivity (Wildman–Crippen MR) is 193 cm³/mol. The number of hydrogen-bond donors (Lipinski definition) is 4. The summed E-state index contributed by atoms with van der Waals surface area (Å²) in [6, 6.07) is 7.35. The Labute approximate surface area is 305 Å². The number of benzene rings is 2. The van der Waals surface area contributed by atoms with Crippen molar-refractivity contribution in [2.24, 2.45) is 11.8 Å². The monoisotopic (exact) mass is 731 g/mol. The van der Waals surface area contributed by atoms with Crippen LogP contribution in [0.3, 0.4) is 0 Å². The van der Waals surface area contributed by atoms with Gasteiger partial charge in [0.05, 0.1) is 45.7 Å². The van der Waals surface area contributed by atoms with Gasteiger partial charge in [-0.15, -0.1) is 0 Å². The summed E-state index contributed by atoms with van der Waals surface area (Å²) < 4.78 is 36.8. The molecule has 4 N–H and O–H groups in total. The van der Waals surface area contributed by atoms with E-state index in [4.69, 9.17) is 4.74 Å². The summed E-state index contributed by atoms with van der Waals surface area (Å²) in [5, 5.41) is 19.6. The zero-order valence-electron chi connectivity index (χ0n) is 30.1. The summed E-state index contributed by atoms with van der Waals surface area (Å²) in [5.41, 5.74) is 2.63. The number of aromatic nitrogens is 3. The number of carbonyl (C=O) groups excluding carboxylic acids is 2. The minimum absolute atomic E-state index is 0.0142. The van der Waals surface area contributed by atoms with E-state index in [1.807, 2.05) is 13.0 Å². The zero-order valence-corrected chi connectivity index (χ0v) is 30.1. The highest BCUT2D eigenvalue weighted by Gasteiger charge is 2.44. The molecule has 0 atom stereocenters. The molecule has 2 saturated heterocycles. The van der Waals surface area contributed by atoms with Crippen LogP contribution >= 0.6 is 0 Å². The van der Waals surface area contributed by atoms with E-state index in [0.29, 0.717) is 66.4 Å². The lowest BCUT2D eigenvalue weighted by Gasteiger charge is -2.46. The summed E-state index contributed by atoms with van der Waals surface area (Å²) >= 11 is 0. The van der Waals surface area contributed by atoms with Crippen molar-refractivity contribution in [1.82, 2.24) is 29.9 Å². The molecule has 13 nitrogen and oxygen atoms in total. The molecular weight excluding hydrogens is 686 g/mol. The number of quaternary nitrogens is 1. The molecule has 1 aliphatic carbocycles. The molecule has 2 aliphatic heterocycles. The number of halogens is 2. The molecule has 7 rings (SSSR count).